The van der Waals surface area contributed by atoms with Crippen LogP contribution in [0.25, 0.3) is 11.5 Å². The highest BCUT2D eigenvalue weighted by molar-refractivity contribution is 5.96. The summed E-state index contributed by atoms with van der Waals surface area (Å²) in [7, 11) is 0. The number of nitrogens with one attached hydrogen (secondary N) is 1. The number of carbonyl (C=O) groups excluding carboxylic acids is 2. The third kappa shape index (κ3) is 5.20. The van der Waals surface area contributed by atoms with Gasteiger partial charge in [-0.15, -0.1) is 0 Å². The van der Waals surface area contributed by atoms with Gasteiger partial charge in [0.1, 0.15) is 30.9 Å². The Morgan fingerprint density at radius 1 is 1.07 bits per heavy atom. The fourth-order valence-corrected chi connectivity index (χ4v) is 2.42. The van der Waals surface area contributed by atoms with Crippen molar-refractivity contribution in [3.63, 3.8) is 0 Å². The Morgan fingerprint density at radius 3 is 2.54 bits per heavy atom. The Kier molecular flexibility index (Phi) is 6.41. The number of benzene rings is 2. The Morgan fingerprint density at radius 2 is 1.82 bits per heavy atom. The van der Waals surface area contributed by atoms with Gasteiger partial charge in [-0.25, -0.2) is 4.98 Å². The van der Waals surface area contributed by atoms with Crippen molar-refractivity contribution < 1.29 is 23.5 Å². The molecule has 0 saturated heterocycles. The van der Waals surface area contributed by atoms with Gasteiger partial charge < -0.3 is 19.2 Å². The average molecular weight is 380 g/mol. The molecule has 1 aromatic heterocycles. The second kappa shape index (κ2) is 9.36. The molecule has 144 valence electrons. The van der Waals surface area contributed by atoms with Crippen molar-refractivity contribution in [2.45, 2.75) is 13.5 Å². The molecule has 7 heteroatoms. The summed E-state index contributed by atoms with van der Waals surface area (Å²) in [5, 5.41) is 2.52. The van der Waals surface area contributed by atoms with E-state index < -0.39 is 5.97 Å². The summed E-state index contributed by atoms with van der Waals surface area (Å²) in [4.78, 5) is 28.2. The maximum atomic E-state index is 12.1. The highest BCUT2D eigenvalue weighted by Gasteiger charge is 2.11. The summed E-state index contributed by atoms with van der Waals surface area (Å²) in [5.74, 6) is 0.202. The quantitative estimate of drug-likeness (QED) is 0.604. The standard InChI is InChI=1S/C21H20N2O5/c1-2-26-18-10-8-15(9-11-18)20(25)22-12-19(24)27-13-17-14-28-21(23-17)16-6-4-3-5-7-16/h3-11,14H,2,12-13H2,1H3,(H,22,25). The molecule has 0 aliphatic carbocycles. The van der Waals surface area contributed by atoms with Crippen LogP contribution in [-0.4, -0.2) is 30.0 Å². The molecule has 0 saturated carbocycles. The van der Waals surface area contributed by atoms with Crippen molar-refractivity contribution in [2.24, 2.45) is 0 Å². The molecular weight excluding hydrogens is 360 g/mol. The lowest BCUT2D eigenvalue weighted by molar-refractivity contribution is -0.143. The topological polar surface area (TPSA) is 90.7 Å². The van der Waals surface area contributed by atoms with Gasteiger partial charge in [-0.3, -0.25) is 9.59 Å². The van der Waals surface area contributed by atoms with Crippen LogP contribution in [0.3, 0.4) is 0 Å². The lowest BCUT2D eigenvalue weighted by atomic mass is 10.2. The zero-order valence-electron chi connectivity index (χ0n) is 15.4. The maximum absolute atomic E-state index is 12.1. The molecule has 0 aliphatic heterocycles. The summed E-state index contributed by atoms with van der Waals surface area (Å²) in [6.45, 7) is 2.16. The van der Waals surface area contributed by atoms with Crippen molar-refractivity contribution in [3.05, 3.63) is 72.1 Å². The highest BCUT2D eigenvalue weighted by atomic mass is 16.5. The van der Waals surface area contributed by atoms with Gasteiger partial charge in [0.2, 0.25) is 5.89 Å². The van der Waals surface area contributed by atoms with Crippen molar-refractivity contribution in [2.75, 3.05) is 13.2 Å². The molecule has 28 heavy (non-hydrogen) atoms. The lowest BCUT2D eigenvalue weighted by Crippen LogP contribution is -2.30. The van der Waals surface area contributed by atoms with E-state index in [2.05, 4.69) is 10.3 Å². The molecule has 1 amide bonds. The van der Waals surface area contributed by atoms with Crippen LogP contribution in [0.15, 0.2) is 65.3 Å². The van der Waals surface area contributed by atoms with E-state index in [1.54, 1.807) is 24.3 Å². The molecule has 3 rings (SSSR count). The van der Waals surface area contributed by atoms with Gasteiger partial charge in [0.15, 0.2) is 0 Å². The molecule has 0 fully saturated rings. The van der Waals surface area contributed by atoms with Gasteiger partial charge in [0.05, 0.1) is 6.61 Å². The van der Waals surface area contributed by atoms with Gasteiger partial charge in [0, 0.05) is 11.1 Å². The molecular formula is C21H20N2O5. The molecule has 0 unspecified atom stereocenters. The molecule has 0 spiro atoms. The monoisotopic (exact) mass is 380 g/mol. The minimum atomic E-state index is -0.566. The summed E-state index contributed by atoms with van der Waals surface area (Å²) >= 11 is 0. The van der Waals surface area contributed by atoms with Gasteiger partial charge in [-0.1, -0.05) is 18.2 Å². The van der Waals surface area contributed by atoms with Crippen LogP contribution >= 0.6 is 0 Å². The van der Waals surface area contributed by atoms with E-state index in [1.165, 1.54) is 6.26 Å². The number of ether oxygens (including phenoxy) is 2. The third-order valence-corrected chi connectivity index (χ3v) is 3.77. The van der Waals surface area contributed by atoms with Gasteiger partial charge in [-0.2, -0.15) is 0 Å². The van der Waals surface area contributed by atoms with E-state index in [4.69, 9.17) is 13.9 Å². The molecule has 7 nitrogen and oxygen atoms in total. The van der Waals surface area contributed by atoms with Crippen molar-refractivity contribution >= 4 is 11.9 Å². The number of hydrogen-bond acceptors (Lipinski definition) is 6. The summed E-state index contributed by atoms with van der Waals surface area (Å²) in [6, 6.07) is 16.1. The van der Waals surface area contributed by atoms with Gasteiger partial charge in [-0.05, 0) is 43.3 Å². The van der Waals surface area contributed by atoms with Crippen LogP contribution in [0.4, 0.5) is 0 Å². The number of oxazole rings is 1. The molecule has 0 radical (unpaired) electrons. The first-order chi connectivity index (χ1) is 13.7. The van der Waals surface area contributed by atoms with Crippen LogP contribution in [-0.2, 0) is 16.1 Å². The summed E-state index contributed by atoms with van der Waals surface area (Å²) in [5.41, 5.74) is 1.76. The molecule has 3 aromatic rings. The molecule has 0 aliphatic rings. The van der Waals surface area contributed by atoms with E-state index in [9.17, 15) is 9.59 Å². The average Bonchev–Trinajstić information content (AvgIpc) is 3.21. The van der Waals surface area contributed by atoms with Crippen LogP contribution in [0, 0.1) is 0 Å². The fraction of sp³-hybridized carbons (Fsp3) is 0.190. The molecule has 2 aromatic carbocycles. The molecule has 1 N–H and O–H groups in total. The number of carbonyl (C=O) groups is 2. The number of nitrogens with zero attached hydrogens (tertiary/aromatic N) is 1. The van der Waals surface area contributed by atoms with E-state index in [0.29, 0.717) is 29.5 Å². The zero-order valence-corrected chi connectivity index (χ0v) is 15.4. The van der Waals surface area contributed by atoms with E-state index in [1.807, 2.05) is 37.3 Å². The second-order valence-electron chi connectivity index (χ2n) is 5.81. The van der Waals surface area contributed by atoms with E-state index in [0.717, 1.165) is 5.56 Å². The van der Waals surface area contributed by atoms with E-state index in [-0.39, 0.29) is 19.1 Å². The number of hydrogen-bond donors (Lipinski definition) is 1. The van der Waals surface area contributed by atoms with Gasteiger partial charge in [0.25, 0.3) is 5.91 Å². The minimum Gasteiger partial charge on any atom is -0.494 e. The molecule has 0 bridgehead atoms. The second-order valence-corrected chi connectivity index (χ2v) is 5.81. The first-order valence-corrected chi connectivity index (χ1v) is 8.82. The Balaban J connectivity index is 1.44. The Hall–Kier alpha value is -3.61. The largest absolute Gasteiger partial charge is 0.494 e. The Labute approximate surface area is 162 Å². The first-order valence-electron chi connectivity index (χ1n) is 8.82. The fourth-order valence-electron chi connectivity index (χ4n) is 2.42. The van der Waals surface area contributed by atoms with Crippen molar-refractivity contribution in [1.29, 1.82) is 0 Å². The van der Waals surface area contributed by atoms with Crippen LogP contribution in [0.2, 0.25) is 0 Å². The highest BCUT2D eigenvalue weighted by Crippen LogP contribution is 2.18. The van der Waals surface area contributed by atoms with Crippen LogP contribution < -0.4 is 10.1 Å². The smallest absolute Gasteiger partial charge is 0.325 e. The van der Waals surface area contributed by atoms with Gasteiger partial charge >= 0.3 is 5.97 Å². The number of aromatic nitrogens is 1. The number of amides is 1. The van der Waals surface area contributed by atoms with Crippen molar-refractivity contribution in [3.8, 4) is 17.2 Å². The molecule has 0 atom stereocenters. The first kappa shape index (κ1) is 19.2. The van der Waals surface area contributed by atoms with Crippen molar-refractivity contribution in [1.82, 2.24) is 10.3 Å². The summed E-state index contributed by atoms with van der Waals surface area (Å²) < 4.78 is 15.8. The van der Waals surface area contributed by atoms with Crippen LogP contribution in [0.1, 0.15) is 23.0 Å². The van der Waals surface area contributed by atoms with E-state index >= 15 is 0 Å². The molecule has 1 heterocycles. The number of rotatable bonds is 8. The third-order valence-electron chi connectivity index (χ3n) is 3.77. The number of esters is 1. The predicted octanol–water partition coefficient (Wildman–Crippen LogP) is 3.21. The SMILES string of the molecule is CCOc1ccc(C(=O)NCC(=O)OCc2coc(-c3ccccc3)n2)cc1. The van der Waals surface area contributed by atoms with Crippen LogP contribution in [0.5, 0.6) is 5.75 Å². The maximum Gasteiger partial charge on any atom is 0.325 e. The normalized spacial score (nSPS) is 10.3. The minimum absolute atomic E-state index is 0.0336. The zero-order chi connectivity index (χ0) is 19.8. The predicted molar refractivity (Wildman–Crippen MR) is 102 cm³/mol. The Bertz CT molecular complexity index is 919. The summed E-state index contributed by atoms with van der Waals surface area (Å²) in [6.07, 6.45) is 1.44. The lowest BCUT2D eigenvalue weighted by Gasteiger charge is -2.07.